The zero-order valence-electron chi connectivity index (χ0n) is 11.9. The summed E-state index contributed by atoms with van der Waals surface area (Å²) < 4.78 is 18.3. The number of halogens is 1. The third-order valence-electron chi connectivity index (χ3n) is 3.57. The quantitative estimate of drug-likeness (QED) is 0.760. The Morgan fingerprint density at radius 2 is 1.57 bits per heavy atom. The monoisotopic (exact) mass is 282 g/mol. The lowest BCUT2D eigenvalue weighted by molar-refractivity contribution is 0.439. The zero-order chi connectivity index (χ0) is 15.0. The van der Waals surface area contributed by atoms with Gasteiger partial charge in [-0.25, -0.2) is 4.39 Å². The molecule has 0 fully saturated rings. The molecule has 0 amide bonds. The second-order valence-electron chi connectivity index (χ2n) is 5.04. The molecular formula is C17H15FN2O. The van der Waals surface area contributed by atoms with Gasteiger partial charge in [0.2, 0.25) is 5.88 Å². The maximum Gasteiger partial charge on any atom is 0.230 e. The molecule has 0 saturated heterocycles. The van der Waals surface area contributed by atoms with E-state index in [0.29, 0.717) is 11.3 Å². The maximum absolute atomic E-state index is 13.1. The second kappa shape index (κ2) is 5.05. The van der Waals surface area contributed by atoms with E-state index in [9.17, 15) is 4.39 Å². The Hall–Kier alpha value is -2.62. The fourth-order valence-corrected chi connectivity index (χ4v) is 2.56. The Labute approximate surface area is 122 Å². The summed E-state index contributed by atoms with van der Waals surface area (Å²) >= 11 is 0. The zero-order valence-corrected chi connectivity index (χ0v) is 11.9. The van der Waals surface area contributed by atoms with Gasteiger partial charge in [0.25, 0.3) is 0 Å². The lowest BCUT2D eigenvalue weighted by Gasteiger charge is -2.09. The number of nitrogens with two attached hydrogens (primary N) is 1. The molecule has 0 aliphatic rings. The molecule has 21 heavy (non-hydrogen) atoms. The lowest BCUT2D eigenvalue weighted by Crippen LogP contribution is -1.92. The van der Waals surface area contributed by atoms with Crippen molar-refractivity contribution in [2.24, 2.45) is 0 Å². The van der Waals surface area contributed by atoms with Gasteiger partial charge in [-0.05, 0) is 42.7 Å². The van der Waals surface area contributed by atoms with Gasteiger partial charge in [-0.3, -0.25) is 0 Å². The summed E-state index contributed by atoms with van der Waals surface area (Å²) in [5.41, 5.74) is 11.3. The highest BCUT2D eigenvalue weighted by atomic mass is 19.1. The molecule has 0 spiro atoms. The van der Waals surface area contributed by atoms with Crippen molar-refractivity contribution in [1.82, 2.24) is 5.16 Å². The molecule has 0 atom stereocenters. The van der Waals surface area contributed by atoms with Crippen molar-refractivity contribution in [3.8, 4) is 22.4 Å². The van der Waals surface area contributed by atoms with Crippen LogP contribution in [0.5, 0.6) is 0 Å². The van der Waals surface area contributed by atoms with Crippen LogP contribution in [0.1, 0.15) is 11.1 Å². The SMILES string of the molecule is Cc1cccc(C)c1-c1noc(N)c1-c1ccc(F)cc1. The highest BCUT2D eigenvalue weighted by Crippen LogP contribution is 2.38. The van der Waals surface area contributed by atoms with Crippen LogP contribution >= 0.6 is 0 Å². The average molecular weight is 282 g/mol. The van der Waals surface area contributed by atoms with E-state index in [4.69, 9.17) is 10.3 Å². The summed E-state index contributed by atoms with van der Waals surface area (Å²) in [7, 11) is 0. The number of nitrogens with zero attached hydrogens (tertiary/aromatic N) is 1. The van der Waals surface area contributed by atoms with E-state index in [0.717, 1.165) is 22.3 Å². The van der Waals surface area contributed by atoms with E-state index in [1.807, 2.05) is 32.0 Å². The van der Waals surface area contributed by atoms with Crippen LogP contribution in [0, 0.1) is 19.7 Å². The standard InChI is InChI=1S/C17H15FN2O/c1-10-4-3-5-11(2)14(10)16-15(17(19)21-20-16)12-6-8-13(18)9-7-12/h3-9H,19H2,1-2H3. The molecule has 4 heteroatoms. The third-order valence-corrected chi connectivity index (χ3v) is 3.57. The first-order chi connectivity index (χ1) is 10.1. The topological polar surface area (TPSA) is 52.0 Å². The number of aromatic nitrogens is 1. The second-order valence-corrected chi connectivity index (χ2v) is 5.04. The molecule has 106 valence electrons. The van der Waals surface area contributed by atoms with Gasteiger partial charge in [-0.1, -0.05) is 35.5 Å². The van der Waals surface area contributed by atoms with Crippen molar-refractivity contribution in [3.63, 3.8) is 0 Å². The fraction of sp³-hybridized carbons (Fsp3) is 0.118. The van der Waals surface area contributed by atoms with Crippen molar-refractivity contribution in [2.75, 3.05) is 5.73 Å². The molecule has 0 aliphatic carbocycles. The van der Waals surface area contributed by atoms with E-state index in [2.05, 4.69) is 5.16 Å². The molecule has 1 heterocycles. The predicted octanol–water partition coefficient (Wildman–Crippen LogP) is 4.35. The summed E-state index contributed by atoms with van der Waals surface area (Å²) in [6, 6.07) is 12.2. The van der Waals surface area contributed by atoms with Gasteiger partial charge >= 0.3 is 0 Å². The van der Waals surface area contributed by atoms with Gasteiger partial charge in [0.15, 0.2) is 0 Å². The van der Waals surface area contributed by atoms with E-state index in [1.165, 1.54) is 12.1 Å². The maximum atomic E-state index is 13.1. The minimum absolute atomic E-state index is 0.235. The van der Waals surface area contributed by atoms with E-state index in [1.54, 1.807) is 12.1 Å². The molecule has 2 aromatic carbocycles. The predicted molar refractivity (Wildman–Crippen MR) is 81.2 cm³/mol. The first-order valence-corrected chi connectivity index (χ1v) is 6.65. The number of anilines is 1. The smallest absolute Gasteiger partial charge is 0.230 e. The Morgan fingerprint density at radius 1 is 0.952 bits per heavy atom. The van der Waals surface area contributed by atoms with Crippen LogP contribution in [0.4, 0.5) is 10.3 Å². The molecule has 0 saturated carbocycles. The average Bonchev–Trinajstić information content (AvgIpc) is 2.82. The highest BCUT2D eigenvalue weighted by Gasteiger charge is 2.20. The van der Waals surface area contributed by atoms with Crippen molar-refractivity contribution >= 4 is 5.88 Å². The summed E-state index contributed by atoms with van der Waals surface area (Å²) in [5.74, 6) is -0.0540. The van der Waals surface area contributed by atoms with Crippen molar-refractivity contribution in [2.45, 2.75) is 13.8 Å². The molecular weight excluding hydrogens is 267 g/mol. The molecule has 0 radical (unpaired) electrons. The molecule has 2 N–H and O–H groups in total. The van der Waals surface area contributed by atoms with Crippen LogP contribution < -0.4 is 5.73 Å². The summed E-state index contributed by atoms with van der Waals surface area (Å²) in [5, 5.41) is 4.11. The van der Waals surface area contributed by atoms with Crippen LogP contribution in [-0.2, 0) is 0 Å². The number of nitrogen functional groups attached to an aromatic ring is 1. The summed E-state index contributed by atoms with van der Waals surface area (Å²) in [6.45, 7) is 4.03. The largest absolute Gasteiger partial charge is 0.367 e. The third kappa shape index (κ3) is 2.29. The number of rotatable bonds is 2. The minimum Gasteiger partial charge on any atom is -0.367 e. The number of hydrogen-bond donors (Lipinski definition) is 1. The molecule has 0 unspecified atom stereocenters. The van der Waals surface area contributed by atoms with E-state index >= 15 is 0 Å². The molecule has 1 aromatic heterocycles. The molecule has 3 rings (SSSR count). The van der Waals surface area contributed by atoms with Gasteiger partial charge in [0.1, 0.15) is 11.5 Å². The van der Waals surface area contributed by atoms with Gasteiger partial charge < -0.3 is 10.3 Å². The van der Waals surface area contributed by atoms with Crippen LogP contribution in [0.15, 0.2) is 47.0 Å². The normalized spacial score (nSPS) is 10.8. The Morgan fingerprint density at radius 3 is 2.19 bits per heavy atom. The summed E-state index contributed by atoms with van der Waals surface area (Å²) in [4.78, 5) is 0. The molecule has 0 aliphatic heterocycles. The molecule has 3 nitrogen and oxygen atoms in total. The Bertz CT molecular complexity index is 771. The van der Waals surface area contributed by atoms with Gasteiger partial charge in [-0.15, -0.1) is 0 Å². The fourth-order valence-electron chi connectivity index (χ4n) is 2.56. The number of hydrogen-bond acceptors (Lipinski definition) is 3. The first-order valence-electron chi connectivity index (χ1n) is 6.65. The van der Waals surface area contributed by atoms with Crippen LogP contribution in [-0.4, -0.2) is 5.16 Å². The minimum atomic E-state index is -0.289. The van der Waals surface area contributed by atoms with E-state index in [-0.39, 0.29) is 11.7 Å². The molecule has 0 bridgehead atoms. The van der Waals surface area contributed by atoms with Crippen LogP contribution in [0.25, 0.3) is 22.4 Å². The van der Waals surface area contributed by atoms with Crippen molar-refractivity contribution in [1.29, 1.82) is 0 Å². The Kier molecular flexibility index (Phi) is 3.22. The first kappa shape index (κ1) is 13.4. The van der Waals surface area contributed by atoms with E-state index < -0.39 is 0 Å². The number of aryl methyl sites for hydroxylation is 2. The number of benzene rings is 2. The summed E-state index contributed by atoms with van der Waals surface area (Å²) in [6.07, 6.45) is 0. The van der Waals surface area contributed by atoms with Crippen LogP contribution in [0.3, 0.4) is 0 Å². The van der Waals surface area contributed by atoms with Crippen molar-refractivity contribution in [3.05, 3.63) is 59.4 Å². The molecule has 3 aromatic rings. The van der Waals surface area contributed by atoms with Crippen molar-refractivity contribution < 1.29 is 8.91 Å². The van der Waals surface area contributed by atoms with Gasteiger partial charge in [0.05, 0.1) is 5.56 Å². The van der Waals surface area contributed by atoms with Gasteiger partial charge in [-0.2, -0.15) is 0 Å². The Balaban J connectivity index is 2.24. The van der Waals surface area contributed by atoms with Gasteiger partial charge in [0, 0.05) is 5.56 Å². The van der Waals surface area contributed by atoms with Crippen LogP contribution in [0.2, 0.25) is 0 Å². The lowest BCUT2D eigenvalue weighted by atomic mass is 9.94. The highest BCUT2D eigenvalue weighted by molar-refractivity contribution is 5.88.